The molecule has 0 saturated heterocycles. The molecule has 5 N–H and O–H groups in total. The Bertz CT molecular complexity index is 1180. The van der Waals surface area contributed by atoms with Crippen LogP contribution in [-0.4, -0.2) is 17.0 Å². The molecular weight excluding hydrogens is 505 g/mol. The molecule has 3 aromatic carbocycles. The van der Waals surface area contributed by atoms with Crippen molar-refractivity contribution in [2.24, 2.45) is 5.73 Å². The highest BCUT2D eigenvalue weighted by Gasteiger charge is 2.50. The van der Waals surface area contributed by atoms with Gasteiger partial charge in [0.15, 0.2) is 5.66 Å². The Morgan fingerprint density at radius 1 is 0.968 bits per heavy atom. The van der Waals surface area contributed by atoms with Crippen LogP contribution in [0, 0.1) is 0 Å². The number of fused-ring (bicyclic) bond motifs is 1. The van der Waals surface area contributed by atoms with Gasteiger partial charge in [-0.25, -0.2) is 4.79 Å². The monoisotopic (exact) mass is 519 g/mol. The molecule has 0 aliphatic carbocycles. The van der Waals surface area contributed by atoms with Crippen molar-refractivity contribution in [3.05, 3.63) is 91.9 Å². The number of rotatable bonds is 5. The van der Waals surface area contributed by atoms with Gasteiger partial charge in [0.2, 0.25) is 5.91 Å². The maximum atomic E-state index is 12.8. The third-order valence-corrected chi connectivity index (χ3v) is 6.37. The molecule has 0 spiro atoms. The third kappa shape index (κ3) is 3.73. The average Bonchev–Trinajstić information content (AvgIpc) is 3.07. The van der Waals surface area contributed by atoms with Crippen molar-refractivity contribution in [2.45, 2.75) is 11.6 Å². The van der Waals surface area contributed by atoms with Crippen molar-refractivity contribution in [1.29, 1.82) is 0 Å². The molecule has 3 aromatic rings. The van der Waals surface area contributed by atoms with Gasteiger partial charge in [0.1, 0.15) is 5.92 Å². The van der Waals surface area contributed by atoms with E-state index in [1.807, 2.05) is 0 Å². The van der Waals surface area contributed by atoms with E-state index in [2.05, 4.69) is 26.6 Å². The summed E-state index contributed by atoms with van der Waals surface area (Å²) in [6, 6.07) is 16.8. The predicted molar refractivity (Wildman–Crippen MR) is 125 cm³/mol. The number of anilines is 2. The molecule has 2 unspecified atom stereocenters. The summed E-state index contributed by atoms with van der Waals surface area (Å²) in [5, 5.41) is 16.6. The first-order valence-electron chi connectivity index (χ1n) is 9.16. The number of benzene rings is 3. The van der Waals surface area contributed by atoms with Crippen molar-refractivity contribution < 1.29 is 14.7 Å². The van der Waals surface area contributed by atoms with Crippen LogP contribution in [0.15, 0.2) is 65.1 Å². The van der Waals surface area contributed by atoms with Gasteiger partial charge in [-0.05, 0) is 48.0 Å². The molecule has 1 aliphatic rings. The molecule has 158 valence electrons. The Morgan fingerprint density at radius 3 is 2.16 bits per heavy atom. The van der Waals surface area contributed by atoms with Crippen LogP contribution < -0.4 is 16.4 Å². The quantitative estimate of drug-likeness (QED) is 0.360. The number of halogens is 3. The first-order valence-corrected chi connectivity index (χ1v) is 10.7. The lowest BCUT2D eigenvalue weighted by Gasteiger charge is -2.38. The fraction of sp³-hybridized carbons (Fsp3) is 0.0909. The third-order valence-electron chi connectivity index (χ3n) is 5.21. The second kappa shape index (κ2) is 8.07. The minimum absolute atomic E-state index is 0.0911. The summed E-state index contributed by atoms with van der Waals surface area (Å²) >= 11 is 16.5. The van der Waals surface area contributed by atoms with Crippen LogP contribution >= 0.6 is 39.1 Å². The van der Waals surface area contributed by atoms with E-state index in [0.717, 1.165) is 4.47 Å². The number of hydrogen-bond acceptors (Lipinski definition) is 4. The van der Waals surface area contributed by atoms with E-state index in [0.29, 0.717) is 32.5 Å². The number of aromatic carboxylic acids is 1. The fourth-order valence-corrected chi connectivity index (χ4v) is 4.88. The Morgan fingerprint density at radius 2 is 1.58 bits per heavy atom. The minimum Gasteiger partial charge on any atom is -0.478 e. The average molecular weight is 521 g/mol. The van der Waals surface area contributed by atoms with Gasteiger partial charge in [0.25, 0.3) is 0 Å². The summed E-state index contributed by atoms with van der Waals surface area (Å²) in [4.78, 5) is 24.3. The number of carbonyl (C=O) groups excluding carboxylic acids is 1. The zero-order valence-electron chi connectivity index (χ0n) is 15.8. The summed E-state index contributed by atoms with van der Waals surface area (Å²) in [5.74, 6) is -2.64. The molecule has 0 saturated carbocycles. The van der Waals surface area contributed by atoms with E-state index in [1.54, 1.807) is 48.5 Å². The highest BCUT2D eigenvalue weighted by atomic mass is 79.9. The molecule has 6 nitrogen and oxygen atoms in total. The normalized spacial score (nSPS) is 17.9. The predicted octanol–water partition coefficient (Wildman–Crippen LogP) is 5.41. The maximum Gasteiger partial charge on any atom is 0.335 e. The second-order valence-electron chi connectivity index (χ2n) is 7.11. The van der Waals surface area contributed by atoms with E-state index in [1.165, 1.54) is 12.1 Å². The van der Waals surface area contributed by atoms with Gasteiger partial charge >= 0.3 is 5.97 Å². The Kier molecular flexibility index (Phi) is 5.60. The van der Waals surface area contributed by atoms with Crippen LogP contribution in [0.1, 0.15) is 27.4 Å². The van der Waals surface area contributed by atoms with Crippen molar-refractivity contribution in [2.75, 3.05) is 10.6 Å². The zero-order chi connectivity index (χ0) is 22.3. The lowest BCUT2D eigenvalue weighted by atomic mass is 9.80. The highest BCUT2D eigenvalue weighted by molar-refractivity contribution is 9.10. The van der Waals surface area contributed by atoms with Crippen LogP contribution in [0.5, 0.6) is 0 Å². The molecule has 31 heavy (non-hydrogen) atoms. The summed E-state index contributed by atoms with van der Waals surface area (Å²) in [7, 11) is 0. The number of carbonyl (C=O) groups is 2. The molecule has 0 fully saturated rings. The number of primary amides is 1. The molecule has 4 rings (SSSR count). The lowest BCUT2D eigenvalue weighted by molar-refractivity contribution is -0.120. The van der Waals surface area contributed by atoms with Gasteiger partial charge in [0, 0.05) is 20.1 Å². The maximum absolute atomic E-state index is 12.8. The van der Waals surface area contributed by atoms with Crippen LogP contribution in [-0.2, 0) is 10.5 Å². The highest BCUT2D eigenvalue weighted by Crippen LogP contribution is 2.51. The van der Waals surface area contributed by atoms with E-state index in [4.69, 9.17) is 28.9 Å². The molecule has 1 heterocycles. The summed E-state index contributed by atoms with van der Waals surface area (Å²) in [6.45, 7) is 0. The molecule has 0 aromatic heterocycles. The van der Waals surface area contributed by atoms with Crippen LogP contribution in [0.2, 0.25) is 10.0 Å². The Balaban J connectivity index is 1.97. The van der Waals surface area contributed by atoms with Crippen LogP contribution in [0.25, 0.3) is 0 Å². The van der Waals surface area contributed by atoms with Gasteiger partial charge in [0.05, 0.1) is 16.9 Å². The number of amides is 1. The second-order valence-corrected chi connectivity index (χ2v) is 8.84. The minimum atomic E-state index is -1.35. The van der Waals surface area contributed by atoms with Gasteiger partial charge < -0.3 is 21.5 Å². The topological polar surface area (TPSA) is 104 Å². The summed E-state index contributed by atoms with van der Waals surface area (Å²) in [6.07, 6.45) is 0. The largest absolute Gasteiger partial charge is 0.478 e. The summed E-state index contributed by atoms with van der Waals surface area (Å²) < 4.78 is 0.839. The molecule has 1 amide bonds. The molecule has 9 heteroatoms. The number of nitrogens with one attached hydrogen (secondary N) is 2. The molecule has 0 bridgehead atoms. The van der Waals surface area contributed by atoms with Crippen LogP contribution in [0.4, 0.5) is 11.4 Å². The first kappa shape index (κ1) is 21.5. The smallest absolute Gasteiger partial charge is 0.335 e. The molecule has 2 atom stereocenters. The Hall–Kier alpha value is -2.74. The SMILES string of the molecule is NC(=O)C(c1ccc(Br)cc1)C1(c2c(Cl)cccc2Cl)Nc2ccc(C(=O)O)cc2N1. The van der Waals surface area contributed by atoms with E-state index in [9.17, 15) is 14.7 Å². The van der Waals surface area contributed by atoms with Gasteiger partial charge in [-0.15, -0.1) is 0 Å². The molecule has 1 aliphatic heterocycles. The van der Waals surface area contributed by atoms with E-state index >= 15 is 0 Å². The number of carboxylic acid groups (broad SMARTS) is 1. The molecular formula is C22H16BrCl2N3O3. The number of hydrogen-bond donors (Lipinski definition) is 4. The number of nitrogens with two attached hydrogens (primary N) is 1. The lowest BCUT2D eigenvalue weighted by Crippen LogP contribution is -2.50. The number of carboxylic acids is 1. The Labute approximate surface area is 196 Å². The first-order chi connectivity index (χ1) is 14.7. The van der Waals surface area contributed by atoms with Crippen molar-refractivity contribution in [3.8, 4) is 0 Å². The zero-order valence-corrected chi connectivity index (χ0v) is 18.9. The fourth-order valence-electron chi connectivity index (χ4n) is 3.92. The van der Waals surface area contributed by atoms with Crippen molar-refractivity contribution >= 4 is 62.4 Å². The summed E-state index contributed by atoms with van der Waals surface area (Å²) in [5.41, 5.74) is 6.77. The van der Waals surface area contributed by atoms with Crippen LogP contribution in [0.3, 0.4) is 0 Å². The van der Waals surface area contributed by atoms with Gasteiger partial charge in [-0.2, -0.15) is 0 Å². The van der Waals surface area contributed by atoms with Gasteiger partial charge in [-0.1, -0.05) is 57.3 Å². The van der Waals surface area contributed by atoms with Crippen molar-refractivity contribution in [3.63, 3.8) is 0 Å². The molecule has 0 radical (unpaired) electrons. The standard InChI is InChI=1S/C22H16BrCl2N3O3/c23-13-7-4-11(5-8-13)18(20(26)29)22(19-14(24)2-1-3-15(19)25)27-16-9-6-12(21(30)31)10-17(16)28-22/h1-10,18,27-28H,(H2,26,29)(H,30,31). The van der Waals surface area contributed by atoms with Crippen molar-refractivity contribution in [1.82, 2.24) is 0 Å². The van der Waals surface area contributed by atoms with E-state index < -0.39 is 23.5 Å². The van der Waals surface area contributed by atoms with E-state index in [-0.39, 0.29) is 5.56 Å². The van der Waals surface area contributed by atoms with Gasteiger partial charge in [-0.3, -0.25) is 4.79 Å².